The highest BCUT2D eigenvalue weighted by molar-refractivity contribution is 7.89. The van der Waals surface area contributed by atoms with Gasteiger partial charge >= 0.3 is 5.97 Å². The molecule has 0 fully saturated rings. The molecule has 0 bridgehead atoms. The molecular formula is C11H14FNO5S. The first-order valence-corrected chi connectivity index (χ1v) is 6.82. The van der Waals surface area contributed by atoms with Crippen molar-refractivity contribution >= 4 is 16.0 Å². The molecule has 0 aliphatic carbocycles. The number of sulfonamides is 1. The van der Waals surface area contributed by atoms with Crippen molar-refractivity contribution in [3.63, 3.8) is 0 Å². The van der Waals surface area contributed by atoms with E-state index in [2.05, 4.69) is 0 Å². The maximum absolute atomic E-state index is 13.3. The highest BCUT2D eigenvalue weighted by Gasteiger charge is 2.17. The number of methoxy groups -OCH3 is 1. The predicted octanol–water partition coefficient (Wildman–Crippen LogP) is 0.665. The van der Waals surface area contributed by atoms with Gasteiger partial charge < -0.3 is 9.47 Å². The second-order valence-corrected chi connectivity index (χ2v) is 5.45. The van der Waals surface area contributed by atoms with Crippen molar-refractivity contribution in [3.05, 3.63) is 29.6 Å². The minimum absolute atomic E-state index is 0.170. The largest absolute Gasteiger partial charge is 0.457 e. The Kier molecular flexibility index (Phi) is 4.98. The third kappa shape index (κ3) is 4.58. The van der Waals surface area contributed by atoms with Crippen LogP contribution in [0.5, 0.6) is 0 Å². The second kappa shape index (κ2) is 6.09. The number of carbonyl (C=O) groups is 1. The van der Waals surface area contributed by atoms with Crippen LogP contribution in [-0.4, -0.2) is 34.2 Å². The van der Waals surface area contributed by atoms with Gasteiger partial charge in [-0.15, -0.1) is 0 Å². The summed E-state index contributed by atoms with van der Waals surface area (Å²) < 4.78 is 45.2. The smallest absolute Gasteiger partial charge is 0.338 e. The fourth-order valence-electron chi connectivity index (χ4n) is 1.36. The molecular weight excluding hydrogens is 277 g/mol. The van der Waals surface area contributed by atoms with Crippen molar-refractivity contribution < 1.29 is 27.1 Å². The Morgan fingerprint density at radius 3 is 2.58 bits per heavy atom. The van der Waals surface area contributed by atoms with Crippen LogP contribution >= 0.6 is 0 Å². The summed E-state index contributed by atoms with van der Waals surface area (Å²) in [4.78, 5) is 11.2. The SMILES string of the molecule is COCC(C)OC(=O)c1cc(F)cc(S(N)(=O)=O)c1. The average molecular weight is 291 g/mol. The van der Waals surface area contributed by atoms with Gasteiger partial charge in [-0.25, -0.2) is 22.7 Å². The molecule has 1 aromatic carbocycles. The number of ether oxygens (including phenoxy) is 2. The summed E-state index contributed by atoms with van der Waals surface area (Å²) in [6, 6.07) is 2.56. The first-order chi connectivity index (χ1) is 8.74. The van der Waals surface area contributed by atoms with E-state index in [1.807, 2.05) is 0 Å². The highest BCUT2D eigenvalue weighted by atomic mass is 32.2. The molecule has 0 heterocycles. The first-order valence-electron chi connectivity index (χ1n) is 5.27. The van der Waals surface area contributed by atoms with Crippen LogP contribution in [0.25, 0.3) is 0 Å². The summed E-state index contributed by atoms with van der Waals surface area (Å²) >= 11 is 0. The topological polar surface area (TPSA) is 95.7 Å². The number of esters is 1. The number of nitrogens with two attached hydrogens (primary N) is 1. The van der Waals surface area contributed by atoms with E-state index < -0.39 is 32.8 Å². The lowest BCUT2D eigenvalue weighted by atomic mass is 10.2. The number of hydrogen-bond donors (Lipinski definition) is 1. The summed E-state index contributed by atoms with van der Waals surface area (Å²) in [7, 11) is -2.66. The van der Waals surface area contributed by atoms with Crippen LogP contribution in [0, 0.1) is 5.82 Å². The Hall–Kier alpha value is -1.51. The molecule has 0 aliphatic rings. The van der Waals surface area contributed by atoms with Crippen molar-refractivity contribution in [3.8, 4) is 0 Å². The van der Waals surface area contributed by atoms with Gasteiger partial charge in [0.1, 0.15) is 11.9 Å². The van der Waals surface area contributed by atoms with E-state index in [9.17, 15) is 17.6 Å². The van der Waals surface area contributed by atoms with Gasteiger partial charge in [0, 0.05) is 7.11 Å². The van der Waals surface area contributed by atoms with Crippen LogP contribution in [0.15, 0.2) is 23.1 Å². The van der Waals surface area contributed by atoms with Gasteiger partial charge in [0.15, 0.2) is 0 Å². The maximum Gasteiger partial charge on any atom is 0.338 e. The Morgan fingerprint density at radius 2 is 2.05 bits per heavy atom. The summed E-state index contributed by atoms with van der Waals surface area (Å²) in [6.45, 7) is 1.75. The van der Waals surface area contributed by atoms with Gasteiger partial charge in [-0.2, -0.15) is 0 Å². The molecule has 0 spiro atoms. The Labute approximate surface area is 110 Å². The summed E-state index contributed by atoms with van der Waals surface area (Å²) in [5.74, 6) is -1.74. The first kappa shape index (κ1) is 15.5. The van der Waals surface area contributed by atoms with Crippen LogP contribution in [0.3, 0.4) is 0 Å². The number of halogens is 1. The molecule has 8 heteroatoms. The molecule has 19 heavy (non-hydrogen) atoms. The van der Waals surface area contributed by atoms with E-state index >= 15 is 0 Å². The lowest BCUT2D eigenvalue weighted by Crippen LogP contribution is -2.20. The van der Waals surface area contributed by atoms with Crippen molar-refractivity contribution in [2.24, 2.45) is 5.14 Å². The molecule has 0 radical (unpaired) electrons. The quantitative estimate of drug-likeness (QED) is 0.804. The van der Waals surface area contributed by atoms with Crippen molar-refractivity contribution in [2.75, 3.05) is 13.7 Å². The number of rotatable bonds is 5. The van der Waals surface area contributed by atoms with Crippen molar-refractivity contribution in [1.29, 1.82) is 0 Å². The fourth-order valence-corrected chi connectivity index (χ4v) is 1.93. The highest BCUT2D eigenvalue weighted by Crippen LogP contribution is 2.14. The zero-order chi connectivity index (χ0) is 14.6. The van der Waals surface area contributed by atoms with Gasteiger partial charge in [0.05, 0.1) is 17.1 Å². The van der Waals surface area contributed by atoms with Gasteiger partial charge in [0.2, 0.25) is 10.0 Å². The lowest BCUT2D eigenvalue weighted by molar-refractivity contribution is 0.0119. The van der Waals surface area contributed by atoms with Gasteiger partial charge in [-0.05, 0) is 25.1 Å². The fraction of sp³-hybridized carbons (Fsp3) is 0.364. The minimum atomic E-state index is -4.09. The Bertz CT molecular complexity index is 572. The molecule has 0 aromatic heterocycles. The molecule has 1 unspecified atom stereocenters. The molecule has 0 aliphatic heterocycles. The number of carbonyl (C=O) groups excluding carboxylic acids is 1. The standard InChI is InChI=1S/C11H14FNO5S/c1-7(6-17-2)18-11(14)8-3-9(12)5-10(4-8)19(13,15)16/h3-5,7H,6H2,1-2H3,(H2,13,15,16). The molecule has 1 rings (SSSR count). The van der Waals surface area contributed by atoms with Crippen molar-refractivity contribution in [1.82, 2.24) is 0 Å². The van der Waals surface area contributed by atoms with Gasteiger partial charge in [-0.3, -0.25) is 0 Å². The van der Waals surface area contributed by atoms with Crippen LogP contribution in [0.4, 0.5) is 4.39 Å². The summed E-state index contributed by atoms with van der Waals surface area (Å²) in [5, 5.41) is 4.88. The predicted molar refractivity (Wildman–Crippen MR) is 64.5 cm³/mol. The number of benzene rings is 1. The normalized spacial score (nSPS) is 13.1. The third-order valence-electron chi connectivity index (χ3n) is 2.15. The van der Waals surface area contributed by atoms with E-state index in [1.165, 1.54) is 7.11 Å². The van der Waals surface area contributed by atoms with Crippen molar-refractivity contribution in [2.45, 2.75) is 17.9 Å². The van der Waals surface area contributed by atoms with Crippen LogP contribution in [0.1, 0.15) is 17.3 Å². The zero-order valence-corrected chi connectivity index (χ0v) is 11.2. The molecule has 0 saturated carbocycles. The Balaban J connectivity index is 3.01. The molecule has 2 N–H and O–H groups in total. The molecule has 1 atom stereocenters. The molecule has 0 saturated heterocycles. The maximum atomic E-state index is 13.3. The van der Waals surface area contributed by atoms with Crippen LogP contribution < -0.4 is 5.14 Å². The summed E-state index contributed by atoms with van der Waals surface area (Å²) in [5.41, 5.74) is -0.230. The molecule has 106 valence electrons. The monoisotopic (exact) mass is 291 g/mol. The van der Waals surface area contributed by atoms with E-state index in [4.69, 9.17) is 14.6 Å². The van der Waals surface area contributed by atoms with Gasteiger partial charge in [-0.1, -0.05) is 0 Å². The van der Waals surface area contributed by atoms with Crippen LogP contribution in [-0.2, 0) is 19.5 Å². The number of primary sulfonamides is 1. The van der Waals surface area contributed by atoms with Gasteiger partial charge in [0.25, 0.3) is 0 Å². The molecule has 1 aromatic rings. The minimum Gasteiger partial charge on any atom is -0.457 e. The Morgan fingerprint density at radius 1 is 1.42 bits per heavy atom. The zero-order valence-electron chi connectivity index (χ0n) is 10.4. The average Bonchev–Trinajstić information content (AvgIpc) is 2.27. The molecule has 0 amide bonds. The number of hydrogen-bond acceptors (Lipinski definition) is 5. The summed E-state index contributed by atoms with van der Waals surface area (Å²) in [6.07, 6.45) is -0.543. The third-order valence-corrected chi connectivity index (χ3v) is 3.04. The van der Waals surface area contributed by atoms with E-state index in [0.29, 0.717) is 0 Å². The van der Waals surface area contributed by atoms with E-state index in [-0.39, 0.29) is 12.2 Å². The van der Waals surface area contributed by atoms with Crippen LogP contribution in [0.2, 0.25) is 0 Å². The van der Waals surface area contributed by atoms with E-state index in [0.717, 1.165) is 18.2 Å². The molecule has 6 nitrogen and oxygen atoms in total. The lowest BCUT2D eigenvalue weighted by Gasteiger charge is -2.12. The second-order valence-electron chi connectivity index (χ2n) is 3.89. The van der Waals surface area contributed by atoms with E-state index in [1.54, 1.807) is 6.92 Å².